The number of carbonyl (C=O) groups excluding carboxylic acids is 1. The summed E-state index contributed by atoms with van der Waals surface area (Å²) in [4.78, 5) is 16.5. The van der Waals surface area contributed by atoms with Gasteiger partial charge in [-0.15, -0.1) is 0 Å². The zero-order chi connectivity index (χ0) is 20.6. The molecule has 148 valence electrons. The van der Waals surface area contributed by atoms with Gasteiger partial charge in [-0.1, -0.05) is 54.2 Å². The van der Waals surface area contributed by atoms with Crippen molar-refractivity contribution in [2.24, 2.45) is 0 Å². The van der Waals surface area contributed by atoms with E-state index in [-0.39, 0.29) is 5.57 Å². The van der Waals surface area contributed by atoms with Gasteiger partial charge in [-0.05, 0) is 35.6 Å². The molecule has 3 aromatic rings. The number of hydrogen-bond donors (Lipinski definition) is 1. The Kier molecular flexibility index (Phi) is 7.77. The second-order valence-corrected chi connectivity index (χ2v) is 8.91. The van der Waals surface area contributed by atoms with Gasteiger partial charge in [0.2, 0.25) is 10.3 Å². The molecule has 0 aliphatic carbocycles. The van der Waals surface area contributed by atoms with Crippen LogP contribution < -0.4 is 5.32 Å². The molecular formula is C19H15ClN4O2S3. The van der Waals surface area contributed by atoms with Gasteiger partial charge in [-0.3, -0.25) is 10.1 Å². The number of anilines is 1. The van der Waals surface area contributed by atoms with Gasteiger partial charge >= 0.3 is 0 Å². The number of amides is 1. The Morgan fingerprint density at radius 1 is 1.31 bits per heavy atom. The van der Waals surface area contributed by atoms with E-state index in [1.807, 2.05) is 37.3 Å². The number of nitrogens with zero attached hydrogens (tertiary/aromatic N) is 3. The van der Waals surface area contributed by atoms with Crippen molar-refractivity contribution >= 4 is 63.8 Å². The van der Waals surface area contributed by atoms with Crippen molar-refractivity contribution in [3.05, 3.63) is 58.3 Å². The molecule has 1 amide bonds. The number of aromatic nitrogens is 2. The number of rotatable bonds is 8. The van der Waals surface area contributed by atoms with E-state index in [0.717, 1.165) is 22.8 Å². The summed E-state index contributed by atoms with van der Waals surface area (Å²) in [6.45, 7) is 1.99. The number of thioether (sulfide) groups is 2. The molecule has 0 saturated heterocycles. The fraction of sp³-hybridized carbons (Fsp3) is 0.158. The van der Waals surface area contributed by atoms with Gasteiger partial charge in [0.05, 0.1) is 0 Å². The van der Waals surface area contributed by atoms with Crippen LogP contribution >= 0.6 is 46.7 Å². The SMILES string of the molecule is CCSc1nsc(NC(=O)/C(C#N)=C\c2ccc(SCc3ccc(Cl)cc3)o2)n1. The third-order valence-electron chi connectivity index (χ3n) is 3.45. The summed E-state index contributed by atoms with van der Waals surface area (Å²) in [6, 6.07) is 13.0. The number of nitriles is 1. The monoisotopic (exact) mass is 462 g/mol. The molecule has 29 heavy (non-hydrogen) atoms. The minimum Gasteiger partial charge on any atom is -0.450 e. The molecule has 6 nitrogen and oxygen atoms in total. The minimum absolute atomic E-state index is 0.0755. The quantitative estimate of drug-likeness (QED) is 0.259. The molecule has 3 rings (SSSR count). The first-order valence-electron chi connectivity index (χ1n) is 8.44. The highest BCUT2D eigenvalue weighted by molar-refractivity contribution is 7.99. The van der Waals surface area contributed by atoms with Crippen molar-refractivity contribution in [1.82, 2.24) is 9.36 Å². The van der Waals surface area contributed by atoms with Gasteiger partial charge < -0.3 is 4.42 Å². The van der Waals surface area contributed by atoms with E-state index in [2.05, 4.69) is 14.7 Å². The maximum atomic E-state index is 12.3. The highest BCUT2D eigenvalue weighted by Gasteiger charge is 2.14. The van der Waals surface area contributed by atoms with Gasteiger partial charge in [0.15, 0.2) is 5.09 Å². The number of carbonyl (C=O) groups is 1. The van der Waals surface area contributed by atoms with Crippen molar-refractivity contribution < 1.29 is 9.21 Å². The van der Waals surface area contributed by atoms with Gasteiger partial charge in [-0.25, -0.2) is 0 Å². The Bertz CT molecular complexity index is 1050. The standard InChI is InChI=1S/C19H15ClN4O2S3/c1-2-27-19-23-18(29-24-19)22-17(25)13(10-21)9-15-7-8-16(26-15)28-11-12-3-5-14(20)6-4-12/h3-9H,2,11H2,1H3,(H,22,23,24,25)/b13-9-. The number of hydrogen-bond acceptors (Lipinski definition) is 8. The lowest BCUT2D eigenvalue weighted by Crippen LogP contribution is -2.13. The molecule has 0 atom stereocenters. The van der Waals surface area contributed by atoms with E-state index in [0.29, 0.717) is 31.9 Å². The van der Waals surface area contributed by atoms with Crippen LogP contribution in [-0.2, 0) is 10.5 Å². The first kappa shape index (κ1) is 21.5. The predicted octanol–water partition coefficient (Wildman–Crippen LogP) is 5.73. The number of benzene rings is 1. The largest absolute Gasteiger partial charge is 0.450 e. The maximum absolute atomic E-state index is 12.3. The topological polar surface area (TPSA) is 91.8 Å². The number of nitrogens with one attached hydrogen (secondary N) is 1. The fourth-order valence-electron chi connectivity index (χ4n) is 2.13. The van der Waals surface area contributed by atoms with Crippen LogP contribution in [0.3, 0.4) is 0 Å². The lowest BCUT2D eigenvalue weighted by molar-refractivity contribution is -0.112. The molecule has 10 heteroatoms. The normalized spacial score (nSPS) is 11.3. The van der Waals surface area contributed by atoms with Crippen LogP contribution in [0, 0.1) is 11.3 Å². The zero-order valence-corrected chi connectivity index (χ0v) is 18.4. The summed E-state index contributed by atoms with van der Waals surface area (Å²) in [5.74, 6) is 1.43. The number of halogens is 1. The van der Waals surface area contributed by atoms with E-state index < -0.39 is 5.91 Å². The van der Waals surface area contributed by atoms with Crippen LogP contribution in [0.1, 0.15) is 18.2 Å². The van der Waals surface area contributed by atoms with Crippen molar-refractivity contribution in [2.45, 2.75) is 22.9 Å². The number of furan rings is 1. The molecule has 2 aromatic heterocycles. The van der Waals surface area contributed by atoms with Crippen molar-refractivity contribution in [3.63, 3.8) is 0 Å². The van der Waals surface area contributed by atoms with Crippen LogP contribution in [0.5, 0.6) is 0 Å². The Balaban J connectivity index is 1.61. The Morgan fingerprint density at radius 2 is 2.10 bits per heavy atom. The fourth-order valence-corrected chi connectivity index (χ4v) is 4.34. The highest BCUT2D eigenvalue weighted by atomic mass is 35.5. The van der Waals surface area contributed by atoms with E-state index >= 15 is 0 Å². The zero-order valence-electron chi connectivity index (χ0n) is 15.2. The molecule has 0 aliphatic rings. The molecular weight excluding hydrogens is 448 g/mol. The smallest absolute Gasteiger partial charge is 0.268 e. The van der Waals surface area contributed by atoms with Crippen LogP contribution in [0.2, 0.25) is 5.02 Å². The Hall–Kier alpha value is -2.25. The van der Waals surface area contributed by atoms with Crippen LogP contribution in [0.4, 0.5) is 5.13 Å². The lowest BCUT2D eigenvalue weighted by Gasteiger charge is -2.00. The van der Waals surface area contributed by atoms with Crippen molar-refractivity contribution in [2.75, 3.05) is 11.1 Å². The maximum Gasteiger partial charge on any atom is 0.268 e. The van der Waals surface area contributed by atoms with Crippen LogP contribution in [-0.4, -0.2) is 21.0 Å². The molecule has 1 N–H and O–H groups in total. The van der Waals surface area contributed by atoms with Gasteiger partial charge in [0, 0.05) is 28.4 Å². The van der Waals surface area contributed by atoms with Crippen LogP contribution in [0.15, 0.2) is 56.6 Å². The third-order valence-corrected chi connectivity index (χ3v) is 6.16. The van der Waals surface area contributed by atoms with Gasteiger partial charge in [0.1, 0.15) is 17.4 Å². The average Bonchev–Trinajstić information content (AvgIpc) is 3.35. The summed E-state index contributed by atoms with van der Waals surface area (Å²) >= 11 is 9.96. The van der Waals surface area contributed by atoms with Crippen molar-refractivity contribution in [3.8, 4) is 6.07 Å². The van der Waals surface area contributed by atoms with Gasteiger partial charge in [-0.2, -0.15) is 14.6 Å². The highest BCUT2D eigenvalue weighted by Crippen LogP contribution is 2.27. The summed E-state index contributed by atoms with van der Waals surface area (Å²) in [5, 5.41) is 14.3. The Labute approximate surface area is 185 Å². The lowest BCUT2D eigenvalue weighted by atomic mass is 10.2. The summed E-state index contributed by atoms with van der Waals surface area (Å²) in [6.07, 6.45) is 1.41. The summed E-state index contributed by atoms with van der Waals surface area (Å²) in [5.41, 5.74) is 1.04. The molecule has 0 aliphatic heterocycles. The van der Waals surface area contributed by atoms with E-state index in [1.54, 1.807) is 12.1 Å². The molecule has 0 fully saturated rings. The first-order valence-corrected chi connectivity index (χ1v) is 11.6. The molecule has 0 radical (unpaired) electrons. The van der Waals surface area contributed by atoms with E-state index in [1.165, 1.54) is 29.6 Å². The minimum atomic E-state index is -0.552. The Morgan fingerprint density at radius 3 is 2.83 bits per heavy atom. The van der Waals surface area contributed by atoms with E-state index in [4.69, 9.17) is 16.0 Å². The second-order valence-electron chi connectivity index (χ2n) is 5.51. The molecule has 0 saturated carbocycles. The van der Waals surface area contributed by atoms with Gasteiger partial charge in [0.25, 0.3) is 5.91 Å². The third kappa shape index (κ3) is 6.37. The molecule has 0 spiro atoms. The summed E-state index contributed by atoms with van der Waals surface area (Å²) in [7, 11) is 0. The molecule has 2 heterocycles. The van der Waals surface area contributed by atoms with E-state index in [9.17, 15) is 10.1 Å². The average molecular weight is 463 g/mol. The first-order chi connectivity index (χ1) is 14.1. The molecule has 0 bridgehead atoms. The summed E-state index contributed by atoms with van der Waals surface area (Å²) < 4.78 is 9.83. The van der Waals surface area contributed by atoms with Crippen LogP contribution in [0.25, 0.3) is 6.08 Å². The second kappa shape index (κ2) is 10.5. The molecule has 0 unspecified atom stereocenters. The predicted molar refractivity (Wildman–Crippen MR) is 118 cm³/mol. The van der Waals surface area contributed by atoms with Crippen molar-refractivity contribution in [1.29, 1.82) is 5.26 Å². The molecule has 1 aromatic carbocycles.